The van der Waals surface area contributed by atoms with E-state index in [4.69, 9.17) is 0 Å². The van der Waals surface area contributed by atoms with Gasteiger partial charge in [0, 0.05) is 38.8 Å². The number of hydrogen-bond acceptors (Lipinski definition) is 4. The first kappa shape index (κ1) is 15.4. The second kappa shape index (κ2) is 7.74. The molecule has 20 heavy (non-hydrogen) atoms. The van der Waals surface area contributed by atoms with Gasteiger partial charge in [0.05, 0.1) is 12.7 Å². The molecule has 1 aromatic rings. The van der Waals surface area contributed by atoms with Crippen LogP contribution in [-0.2, 0) is 0 Å². The van der Waals surface area contributed by atoms with Crippen LogP contribution in [0, 0.1) is 0 Å². The Morgan fingerprint density at radius 3 is 2.30 bits per heavy atom. The highest BCUT2D eigenvalue weighted by atomic mass is 16.3. The van der Waals surface area contributed by atoms with Gasteiger partial charge in [-0.25, -0.2) is 0 Å². The molecule has 0 saturated carbocycles. The summed E-state index contributed by atoms with van der Waals surface area (Å²) in [5, 5.41) is 19.6. The third-order valence-electron chi connectivity index (χ3n) is 4.22. The first-order valence-corrected chi connectivity index (χ1v) is 7.54. The number of aliphatic hydroxyl groups is 2. The van der Waals surface area contributed by atoms with Crippen LogP contribution < -0.4 is 0 Å². The lowest BCUT2D eigenvalue weighted by atomic mass is 10.1. The molecule has 2 unspecified atom stereocenters. The fourth-order valence-electron chi connectivity index (χ4n) is 2.84. The first-order chi connectivity index (χ1) is 9.74. The van der Waals surface area contributed by atoms with Gasteiger partial charge in [-0.15, -0.1) is 0 Å². The number of nitrogens with zero attached hydrogens (tertiary/aromatic N) is 2. The minimum Gasteiger partial charge on any atom is -0.395 e. The standard InChI is InChI=1S/C16H26N2O2/c1-2-15(13-19)18-10-8-17(9-11-18)12-16(20)14-6-4-3-5-7-14/h3-7,15-16,19-20H,2,8-13H2,1H3. The summed E-state index contributed by atoms with van der Waals surface area (Å²) in [6.45, 7) is 6.91. The van der Waals surface area contributed by atoms with Crippen LogP contribution >= 0.6 is 0 Å². The predicted molar refractivity (Wildman–Crippen MR) is 80.6 cm³/mol. The molecule has 2 atom stereocenters. The van der Waals surface area contributed by atoms with Gasteiger partial charge in [-0.2, -0.15) is 0 Å². The molecular weight excluding hydrogens is 252 g/mol. The molecule has 1 aliphatic rings. The van der Waals surface area contributed by atoms with E-state index in [-0.39, 0.29) is 12.6 Å². The molecule has 1 heterocycles. The van der Waals surface area contributed by atoms with Gasteiger partial charge in [0.1, 0.15) is 0 Å². The second-order valence-corrected chi connectivity index (χ2v) is 5.51. The molecule has 0 spiro atoms. The molecule has 0 bridgehead atoms. The maximum Gasteiger partial charge on any atom is 0.0916 e. The average molecular weight is 278 g/mol. The molecule has 1 saturated heterocycles. The van der Waals surface area contributed by atoms with E-state index in [0.29, 0.717) is 6.54 Å². The van der Waals surface area contributed by atoms with Crippen molar-refractivity contribution in [3.8, 4) is 0 Å². The molecule has 4 heteroatoms. The van der Waals surface area contributed by atoms with Crippen LogP contribution in [0.4, 0.5) is 0 Å². The lowest BCUT2D eigenvalue weighted by Gasteiger charge is -2.39. The smallest absolute Gasteiger partial charge is 0.0916 e. The van der Waals surface area contributed by atoms with E-state index in [9.17, 15) is 10.2 Å². The van der Waals surface area contributed by atoms with Crippen molar-refractivity contribution < 1.29 is 10.2 Å². The number of aliphatic hydroxyl groups excluding tert-OH is 2. The van der Waals surface area contributed by atoms with Crippen molar-refractivity contribution in [3.05, 3.63) is 35.9 Å². The van der Waals surface area contributed by atoms with Crippen LogP contribution in [0.5, 0.6) is 0 Å². The van der Waals surface area contributed by atoms with Crippen molar-refractivity contribution in [1.82, 2.24) is 9.80 Å². The summed E-state index contributed by atoms with van der Waals surface area (Å²) in [6, 6.07) is 10.1. The van der Waals surface area contributed by atoms with E-state index in [2.05, 4.69) is 16.7 Å². The van der Waals surface area contributed by atoms with Gasteiger partial charge in [0.25, 0.3) is 0 Å². The molecule has 1 aliphatic heterocycles. The molecule has 112 valence electrons. The monoisotopic (exact) mass is 278 g/mol. The number of hydrogen-bond donors (Lipinski definition) is 2. The molecule has 1 aromatic carbocycles. The van der Waals surface area contributed by atoms with Crippen molar-refractivity contribution in [1.29, 1.82) is 0 Å². The van der Waals surface area contributed by atoms with E-state index >= 15 is 0 Å². The van der Waals surface area contributed by atoms with Gasteiger partial charge in [0.15, 0.2) is 0 Å². The molecule has 0 aromatic heterocycles. The van der Waals surface area contributed by atoms with E-state index in [0.717, 1.165) is 38.2 Å². The minimum absolute atomic E-state index is 0.239. The van der Waals surface area contributed by atoms with E-state index in [1.807, 2.05) is 30.3 Å². The van der Waals surface area contributed by atoms with Crippen molar-refractivity contribution in [2.24, 2.45) is 0 Å². The second-order valence-electron chi connectivity index (χ2n) is 5.51. The predicted octanol–water partition coefficient (Wildman–Crippen LogP) is 1.11. The SMILES string of the molecule is CCC(CO)N1CCN(CC(O)c2ccccc2)CC1. The fraction of sp³-hybridized carbons (Fsp3) is 0.625. The summed E-state index contributed by atoms with van der Waals surface area (Å²) in [5.74, 6) is 0. The molecule has 2 rings (SSSR count). The number of piperazine rings is 1. The van der Waals surface area contributed by atoms with E-state index in [1.54, 1.807) is 0 Å². The maximum absolute atomic E-state index is 10.2. The molecule has 0 aliphatic carbocycles. The lowest BCUT2D eigenvalue weighted by Crippen LogP contribution is -2.51. The summed E-state index contributed by atoms with van der Waals surface area (Å²) in [5.41, 5.74) is 0.983. The topological polar surface area (TPSA) is 46.9 Å². The van der Waals surface area contributed by atoms with Gasteiger partial charge in [-0.05, 0) is 12.0 Å². The summed E-state index contributed by atoms with van der Waals surface area (Å²) in [6.07, 6.45) is 0.575. The van der Waals surface area contributed by atoms with E-state index in [1.165, 1.54) is 0 Å². The van der Waals surface area contributed by atoms with Crippen LogP contribution in [0.25, 0.3) is 0 Å². The number of rotatable bonds is 6. The van der Waals surface area contributed by atoms with E-state index < -0.39 is 6.10 Å². The zero-order valence-electron chi connectivity index (χ0n) is 12.3. The number of benzene rings is 1. The summed E-state index contributed by atoms with van der Waals surface area (Å²) >= 11 is 0. The number of β-amino-alcohol motifs (C(OH)–C–C–N with tert-alkyl or cyclic N) is 1. The molecule has 0 radical (unpaired) electrons. The Balaban J connectivity index is 1.80. The Morgan fingerprint density at radius 2 is 1.75 bits per heavy atom. The Labute approximate surface area is 121 Å². The normalized spacial score (nSPS) is 20.8. The van der Waals surface area contributed by atoms with Crippen molar-refractivity contribution in [3.63, 3.8) is 0 Å². The van der Waals surface area contributed by atoms with Crippen LogP contribution in [0.1, 0.15) is 25.0 Å². The van der Waals surface area contributed by atoms with Gasteiger partial charge >= 0.3 is 0 Å². The summed E-state index contributed by atoms with van der Waals surface area (Å²) in [7, 11) is 0. The summed E-state index contributed by atoms with van der Waals surface area (Å²) in [4.78, 5) is 4.66. The van der Waals surface area contributed by atoms with Crippen LogP contribution in [0.3, 0.4) is 0 Å². The van der Waals surface area contributed by atoms with Crippen molar-refractivity contribution in [2.75, 3.05) is 39.3 Å². The average Bonchev–Trinajstić information content (AvgIpc) is 2.51. The van der Waals surface area contributed by atoms with Gasteiger partial charge in [0.2, 0.25) is 0 Å². The summed E-state index contributed by atoms with van der Waals surface area (Å²) < 4.78 is 0. The highest BCUT2D eigenvalue weighted by Crippen LogP contribution is 2.16. The molecule has 2 N–H and O–H groups in total. The Hall–Kier alpha value is -0.940. The van der Waals surface area contributed by atoms with Crippen LogP contribution in [0.15, 0.2) is 30.3 Å². The zero-order valence-corrected chi connectivity index (χ0v) is 12.3. The van der Waals surface area contributed by atoms with Crippen molar-refractivity contribution >= 4 is 0 Å². The molecular formula is C16H26N2O2. The molecule has 1 fully saturated rings. The Morgan fingerprint density at radius 1 is 1.10 bits per heavy atom. The van der Waals surface area contributed by atoms with Gasteiger partial charge in [-0.3, -0.25) is 9.80 Å². The largest absolute Gasteiger partial charge is 0.395 e. The highest BCUT2D eigenvalue weighted by molar-refractivity contribution is 5.17. The fourth-order valence-corrected chi connectivity index (χ4v) is 2.84. The van der Waals surface area contributed by atoms with Gasteiger partial charge in [-0.1, -0.05) is 37.3 Å². The first-order valence-electron chi connectivity index (χ1n) is 7.54. The Bertz CT molecular complexity index is 373. The molecule has 0 amide bonds. The maximum atomic E-state index is 10.2. The Kier molecular flexibility index (Phi) is 5.98. The van der Waals surface area contributed by atoms with Crippen LogP contribution in [0.2, 0.25) is 0 Å². The van der Waals surface area contributed by atoms with Crippen LogP contribution in [-0.4, -0.2) is 65.4 Å². The third-order valence-corrected chi connectivity index (χ3v) is 4.22. The zero-order chi connectivity index (χ0) is 14.4. The van der Waals surface area contributed by atoms with Gasteiger partial charge < -0.3 is 10.2 Å². The minimum atomic E-state index is -0.414. The lowest BCUT2D eigenvalue weighted by molar-refractivity contribution is 0.0394. The van der Waals surface area contributed by atoms with Crippen molar-refractivity contribution in [2.45, 2.75) is 25.5 Å². The quantitative estimate of drug-likeness (QED) is 0.818. The highest BCUT2D eigenvalue weighted by Gasteiger charge is 2.23. The molecule has 4 nitrogen and oxygen atoms in total. The third kappa shape index (κ3) is 4.03.